The van der Waals surface area contributed by atoms with Gasteiger partial charge in [-0.3, -0.25) is 14.8 Å². The third-order valence-electron chi connectivity index (χ3n) is 5.28. The number of rotatable bonds is 6. The molecular formula is C26H25N3O3S. The molecular weight excluding hydrogens is 434 g/mol. The number of benzene rings is 2. The van der Waals surface area contributed by atoms with Crippen molar-refractivity contribution in [2.75, 3.05) is 6.26 Å². The third kappa shape index (κ3) is 5.32. The average molecular weight is 460 g/mol. The minimum atomic E-state index is -3.41. The Kier molecular flexibility index (Phi) is 6.33. The lowest BCUT2D eigenvalue weighted by atomic mass is 10.0. The Morgan fingerprint density at radius 3 is 2.36 bits per heavy atom. The number of aromatic nitrogens is 2. The molecule has 0 spiro atoms. The minimum absolute atomic E-state index is 0. The quantitative estimate of drug-likeness (QED) is 0.452. The van der Waals surface area contributed by atoms with Crippen LogP contribution in [-0.2, 0) is 16.4 Å². The van der Waals surface area contributed by atoms with Crippen molar-refractivity contribution in [2.45, 2.75) is 18.4 Å². The molecule has 7 heteroatoms. The minimum Gasteiger partial charge on any atom is -0.346 e. The highest BCUT2D eigenvalue weighted by atomic mass is 32.2. The molecule has 0 atom stereocenters. The first-order chi connectivity index (χ1) is 15.8. The Hall–Kier alpha value is -3.84. The molecule has 0 bridgehead atoms. The third-order valence-corrected chi connectivity index (χ3v) is 6.51. The van der Waals surface area contributed by atoms with Gasteiger partial charge >= 0.3 is 0 Å². The van der Waals surface area contributed by atoms with E-state index in [0.717, 1.165) is 28.5 Å². The van der Waals surface area contributed by atoms with Gasteiger partial charge in [-0.25, -0.2) is 8.42 Å². The first-order valence-electron chi connectivity index (χ1n) is 10.4. The molecule has 2 aromatic carbocycles. The van der Waals surface area contributed by atoms with Gasteiger partial charge in [0, 0.05) is 43.0 Å². The molecule has 0 aliphatic heterocycles. The molecule has 1 N–H and O–H groups in total. The zero-order valence-electron chi connectivity index (χ0n) is 18.3. The Morgan fingerprint density at radius 2 is 1.64 bits per heavy atom. The molecule has 0 unspecified atom stereocenters. The number of hydrogen-bond acceptors (Lipinski definition) is 5. The van der Waals surface area contributed by atoms with Crippen molar-refractivity contribution in [3.63, 3.8) is 0 Å². The van der Waals surface area contributed by atoms with Crippen molar-refractivity contribution in [3.8, 4) is 22.3 Å². The molecule has 0 aliphatic carbocycles. The molecule has 33 heavy (non-hydrogen) atoms. The topological polar surface area (TPSA) is 89.0 Å². The zero-order valence-corrected chi connectivity index (χ0v) is 19.1. The number of pyridine rings is 2. The van der Waals surface area contributed by atoms with E-state index in [1.54, 1.807) is 31.5 Å². The van der Waals surface area contributed by atoms with Crippen molar-refractivity contribution in [1.29, 1.82) is 0 Å². The molecule has 168 valence electrons. The van der Waals surface area contributed by atoms with Gasteiger partial charge in [0.25, 0.3) is 5.91 Å². The van der Waals surface area contributed by atoms with E-state index in [0.29, 0.717) is 11.3 Å². The molecule has 0 aliphatic rings. The normalized spacial score (nSPS) is 11.2. The van der Waals surface area contributed by atoms with Gasteiger partial charge in [0.15, 0.2) is 9.84 Å². The van der Waals surface area contributed by atoms with Crippen LogP contribution in [0.3, 0.4) is 0 Å². The van der Waals surface area contributed by atoms with Gasteiger partial charge in [0.05, 0.1) is 17.1 Å². The predicted octanol–water partition coefficient (Wildman–Crippen LogP) is 4.70. The van der Waals surface area contributed by atoms with E-state index in [2.05, 4.69) is 21.4 Å². The Balaban J connectivity index is 0.00000324. The Morgan fingerprint density at radius 1 is 0.909 bits per heavy atom. The maximum Gasteiger partial charge on any atom is 0.251 e. The summed E-state index contributed by atoms with van der Waals surface area (Å²) in [6, 6.07) is 20.6. The number of sulfone groups is 1. The number of carbonyl (C=O) groups is 1. The van der Waals surface area contributed by atoms with Crippen molar-refractivity contribution in [3.05, 3.63) is 102 Å². The molecule has 0 fully saturated rings. The maximum absolute atomic E-state index is 12.6. The number of hydrogen-bond donors (Lipinski definition) is 1. The van der Waals surface area contributed by atoms with Crippen molar-refractivity contribution in [1.82, 2.24) is 15.3 Å². The van der Waals surface area contributed by atoms with Gasteiger partial charge in [0.1, 0.15) is 0 Å². The summed E-state index contributed by atoms with van der Waals surface area (Å²) < 4.78 is 23.9. The number of aryl methyl sites for hydroxylation is 1. The summed E-state index contributed by atoms with van der Waals surface area (Å²) in [6.07, 6.45) is 6.45. The van der Waals surface area contributed by atoms with Crippen LogP contribution in [0.25, 0.3) is 22.3 Å². The van der Waals surface area contributed by atoms with E-state index >= 15 is 0 Å². The lowest BCUT2D eigenvalue weighted by Crippen LogP contribution is -2.23. The van der Waals surface area contributed by atoms with Gasteiger partial charge in [-0.1, -0.05) is 36.4 Å². The Labute approximate surface area is 194 Å². The largest absolute Gasteiger partial charge is 0.346 e. The second-order valence-corrected chi connectivity index (χ2v) is 9.78. The van der Waals surface area contributed by atoms with Gasteiger partial charge in [0.2, 0.25) is 0 Å². The highest BCUT2D eigenvalue weighted by Gasteiger charge is 2.15. The summed E-state index contributed by atoms with van der Waals surface area (Å²) >= 11 is 0. The molecule has 2 aromatic heterocycles. The molecule has 0 radical (unpaired) electrons. The van der Waals surface area contributed by atoms with Gasteiger partial charge < -0.3 is 5.32 Å². The summed E-state index contributed by atoms with van der Waals surface area (Å²) in [7, 11) is -3.41. The number of carbonyl (C=O) groups excluding carboxylic acids is 1. The number of amides is 1. The second-order valence-electron chi connectivity index (χ2n) is 7.80. The lowest BCUT2D eigenvalue weighted by Gasteiger charge is -2.10. The van der Waals surface area contributed by atoms with Crippen molar-refractivity contribution >= 4 is 15.7 Å². The van der Waals surface area contributed by atoms with E-state index in [-0.39, 0.29) is 24.3 Å². The van der Waals surface area contributed by atoms with Crippen LogP contribution in [0.2, 0.25) is 0 Å². The van der Waals surface area contributed by atoms with Crippen LogP contribution in [0.1, 0.15) is 23.0 Å². The van der Waals surface area contributed by atoms with Crippen LogP contribution in [0, 0.1) is 6.92 Å². The van der Waals surface area contributed by atoms with E-state index in [1.807, 2.05) is 48.7 Å². The molecule has 0 saturated heterocycles. The summed E-state index contributed by atoms with van der Waals surface area (Å²) in [5.41, 5.74) is 5.56. The molecule has 1 amide bonds. The monoisotopic (exact) mass is 459 g/mol. The summed E-state index contributed by atoms with van der Waals surface area (Å²) in [6.45, 7) is 1.91. The van der Waals surface area contributed by atoms with E-state index in [1.165, 1.54) is 6.07 Å². The van der Waals surface area contributed by atoms with Crippen LogP contribution in [-0.4, -0.2) is 30.5 Å². The van der Waals surface area contributed by atoms with Crippen molar-refractivity contribution in [2.24, 2.45) is 0 Å². The maximum atomic E-state index is 12.6. The lowest BCUT2D eigenvalue weighted by molar-refractivity contribution is 0.0950. The number of nitrogens with one attached hydrogen (secondary N) is 1. The van der Waals surface area contributed by atoms with E-state index in [4.69, 9.17) is 0 Å². The number of nitrogens with zero attached hydrogens (tertiary/aromatic N) is 2. The van der Waals surface area contributed by atoms with Gasteiger partial charge in [-0.05, 0) is 53.9 Å². The molecule has 6 nitrogen and oxygen atoms in total. The summed E-state index contributed by atoms with van der Waals surface area (Å²) in [5.74, 6) is -0.361. The highest BCUT2D eigenvalue weighted by molar-refractivity contribution is 7.90. The first kappa shape index (κ1) is 22.4. The predicted molar refractivity (Wildman–Crippen MR) is 130 cm³/mol. The molecule has 2 heterocycles. The van der Waals surface area contributed by atoms with Crippen LogP contribution in [0.15, 0.2) is 90.2 Å². The fourth-order valence-corrected chi connectivity index (χ4v) is 4.55. The molecule has 4 aromatic rings. The smallest absolute Gasteiger partial charge is 0.251 e. The van der Waals surface area contributed by atoms with E-state index in [9.17, 15) is 13.2 Å². The van der Waals surface area contributed by atoms with Gasteiger partial charge in [-0.2, -0.15) is 0 Å². The standard InChI is InChI=1S/C26H23N3O3S.H2/c1-18-8-9-21(14-25(18)33(2,31)32)26(30)29-17-24-13-20(10-11-28-24)23-12-22(15-27-16-23)19-6-4-3-5-7-19;/h3-16H,17H2,1-2H3,(H,29,30);1H. The highest BCUT2D eigenvalue weighted by Crippen LogP contribution is 2.25. The summed E-state index contributed by atoms with van der Waals surface area (Å²) in [5, 5.41) is 2.82. The van der Waals surface area contributed by atoms with Crippen molar-refractivity contribution < 1.29 is 14.6 Å². The fourth-order valence-electron chi connectivity index (χ4n) is 3.55. The SMILES string of the molecule is Cc1ccc(C(=O)NCc2cc(-c3cncc(-c4ccccc4)c3)ccn2)cc1S(C)(=O)=O.[HH]. The Bertz CT molecular complexity index is 1420. The van der Waals surface area contributed by atoms with E-state index < -0.39 is 9.84 Å². The second kappa shape index (κ2) is 9.34. The average Bonchev–Trinajstić information content (AvgIpc) is 2.83. The molecule has 4 rings (SSSR count). The molecule has 0 saturated carbocycles. The van der Waals surface area contributed by atoms with Crippen LogP contribution in [0.4, 0.5) is 0 Å². The summed E-state index contributed by atoms with van der Waals surface area (Å²) in [4.78, 5) is 21.5. The first-order valence-corrected chi connectivity index (χ1v) is 12.2. The van der Waals surface area contributed by atoms with Crippen LogP contribution >= 0.6 is 0 Å². The van der Waals surface area contributed by atoms with Crippen LogP contribution in [0.5, 0.6) is 0 Å². The zero-order chi connectivity index (χ0) is 23.4. The van der Waals surface area contributed by atoms with Gasteiger partial charge in [-0.15, -0.1) is 0 Å². The fraction of sp³-hybridized carbons (Fsp3) is 0.115. The van der Waals surface area contributed by atoms with Crippen LogP contribution < -0.4 is 5.32 Å².